The fraction of sp³-hybridized carbons (Fsp3) is 0.643. The molecule has 0 saturated carbocycles. The third kappa shape index (κ3) is 2.99. The lowest BCUT2D eigenvalue weighted by Gasteiger charge is -2.41. The van der Waals surface area contributed by atoms with Gasteiger partial charge in [-0.1, -0.05) is 6.92 Å². The number of nitrogens with one attached hydrogen (secondary N) is 1. The van der Waals surface area contributed by atoms with E-state index in [9.17, 15) is 4.79 Å². The van der Waals surface area contributed by atoms with Crippen LogP contribution in [0.3, 0.4) is 0 Å². The highest BCUT2D eigenvalue weighted by Gasteiger charge is 2.35. The predicted molar refractivity (Wildman–Crippen MR) is 79.2 cm³/mol. The summed E-state index contributed by atoms with van der Waals surface area (Å²) in [6.07, 6.45) is 0.909. The van der Waals surface area contributed by atoms with Crippen LogP contribution in [0.5, 0.6) is 0 Å². The molecule has 1 saturated heterocycles. The summed E-state index contributed by atoms with van der Waals surface area (Å²) in [5.41, 5.74) is 6.33. The first-order valence-electron chi connectivity index (χ1n) is 6.90. The number of nitrogens with zero attached hydrogens (tertiary/aromatic N) is 1. The summed E-state index contributed by atoms with van der Waals surface area (Å²) in [5, 5.41) is 2.91. The van der Waals surface area contributed by atoms with Crippen LogP contribution in [0.15, 0.2) is 12.1 Å². The fourth-order valence-corrected chi connectivity index (χ4v) is 3.71. The Morgan fingerprint density at radius 3 is 2.89 bits per heavy atom. The SMILES string of the molecule is CCC(N)C(c1ccc(C)s1)N1CCNC(=O)C1C. The van der Waals surface area contributed by atoms with Gasteiger partial charge in [-0.25, -0.2) is 0 Å². The van der Waals surface area contributed by atoms with Gasteiger partial charge in [0.2, 0.25) is 5.91 Å². The maximum Gasteiger partial charge on any atom is 0.237 e. The lowest BCUT2D eigenvalue weighted by Crippen LogP contribution is -2.57. The van der Waals surface area contributed by atoms with Crippen molar-refractivity contribution in [2.24, 2.45) is 5.73 Å². The Morgan fingerprint density at radius 2 is 2.32 bits per heavy atom. The number of aryl methyl sites for hydroxylation is 1. The summed E-state index contributed by atoms with van der Waals surface area (Å²) < 4.78 is 0. The van der Waals surface area contributed by atoms with Crippen LogP contribution >= 0.6 is 11.3 Å². The summed E-state index contributed by atoms with van der Waals surface area (Å²) in [4.78, 5) is 16.7. The van der Waals surface area contributed by atoms with Gasteiger partial charge in [0.05, 0.1) is 12.1 Å². The molecule has 1 aliphatic rings. The Kier molecular flexibility index (Phi) is 4.60. The first kappa shape index (κ1) is 14.5. The van der Waals surface area contributed by atoms with Gasteiger partial charge in [0.25, 0.3) is 0 Å². The number of nitrogens with two attached hydrogens (primary N) is 1. The Labute approximate surface area is 119 Å². The van der Waals surface area contributed by atoms with Gasteiger partial charge in [0, 0.05) is 28.9 Å². The van der Waals surface area contributed by atoms with E-state index in [4.69, 9.17) is 5.73 Å². The van der Waals surface area contributed by atoms with E-state index in [1.165, 1.54) is 9.75 Å². The Balaban J connectivity index is 2.29. The highest BCUT2D eigenvalue weighted by Crippen LogP contribution is 2.32. The van der Waals surface area contributed by atoms with Crippen molar-refractivity contribution in [2.45, 2.75) is 45.3 Å². The number of hydrogen-bond donors (Lipinski definition) is 2. The second-order valence-corrected chi connectivity index (χ2v) is 6.49. The highest BCUT2D eigenvalue weighted by atomic mass is 32.1. The molecule has 3 atom stereocenters. The van der Waals surface area contributed by atoms with Crippen LogP contribution in [-0.2, 0) is 4.79 Å². The van der Waals surface area contributed by atoms with Crippen molar-refractivity contribution in [1.82, 2.24) is 10.2 Å². The van der Waals surface area contributed by atoms with E-state index >= 15 is 0 Å². The van der Waals surface area contributed by atoms with Crippen LogP contribution in [0.1, 0.15) is 36.1 Å². The topological polar surface area (TPSA) is 58.4 Å². The number of rotatable bonds is 4. The van der Waals surface area contributed by atoms with E-state index in [2.05, 4.69) is 36.2 Å². The highest BCUT2D eigenvalue weighted by molar-refractivity contribution is 7.12. The second kappa shape index (κ2) is 6.03. The molecule has 4 nitrogen and oxygen atoms in total. The molecule has 3 unspecified atom stereocenters. The summed E-state index contributed by atoms with van der Waals surface area (Å²) >= 11 is 1.78. The van der Waals surface area contributed by atoms with Crippen molar-refractivity contribution in [3.05, 3.63) is 21.9 Å². The molecule has 0 spiro atoms. The van der Waals surface area contributed by atoms with Crippen molar-refractivity contribution in [3.63, 3.8) is 0 Å². The summed E-state index contributed by atoms with van der Waals surface area (Å²) in [7, 11) is 0. The summed E-state index contributed by atoms with van der Waals surface area (Å²) in [6, 6.07) is 4.37. The summed E-state index contributed by atoms with van der Waals surface area (Å²) in [5.74, 6) is 0.104. The average Bonchev–Trinajstić information content (AvgIpc) is 2.81. The zero-order valence-corrected chi connectivity index (χ0v) is 12.7. The van der Waals surface area contributed by atoms with Crippen LogP contribution < -0.4 is 11.1 Å². The molecule has 5 heteroatoms. The standard InChI is InChI=1S/C14H23N3OS/c1-4-11(15)13(12-6-5-9(2)19-12)17-8-7-16-14(18)10(17)3/h5-6,10-11,13H,4,7-8,15H2,1-3H3,(H,16,18). The second-order valence-electron chi connectivity index (χ2n) is 5.17. The van der Waals surface area contributed by atoms with E-state index in [1.807, 2.05) is 6.92 Å². The zero-order valence-electron chi connectivity index (χ0n) is 11.8. The smallest absolute Gasteiger partial charge is 0.237 e. The van der Waals surface area contributed by atoms with Gasteiger partial charge in [-0.15, -0.1) is 11.3 Å². The van der Waals surface area contributed by atoms with Gasteiger partial charge >= 0.3 is 0 Å². The molecule has 1 aromatic rings. The quantitative estimate of drug-likeness (QED) is 0.882. The maximum atomic E-state index is 11.9. The lowest BCUT2D eigenvalue weighted by atomic mass is 10.00. The van der Waals surface area contributed by atoms with Crippen LogP contribution in [0.4, 0.5) is 0 Å². The molecule has 1 aromatic heterocycles. The van der Waals surface area contributed by atoms with Gasteiger partial charge in [-0.3, -0.25) is 9.69 Å². The van der Waals surface area contributed by atoms with Gasteiger partial charge in [0.15, 0.2) is 0 Å². The van der Waals surface area contributed by atoms with Crippen molar-refractivity contribution < 1.29 is 4.79 Å². The van der Waals surface area contributed by atoms with Gasteiger partial charge in [-0.05, 0) is 32.4 Å². The average molecular weight is 281 g/mol. The lowest BCUT2D eigenvalue weighted by molar-refractivity contribution is -0.129. The van der Waals surface area contributed by atoms with E-state index < -0.39 is 0 Å². The zero-order chi connectivity index (χ0) is 14.0. The largest absolute Gasteiger partial charge is 0.353 e. The Hall–Kier alpha value is -0.910. The van der Waals surface area contributed by atoms with Crippen LogP contribution in [0.2, 0.25) is 0 Å². The normalized spacial score (nSPS) is 24.0. The van der Waals surface area contributed by atoms with E-state index in [0.29, 0.717) is 6.54 Å². The molecule has 1 fully saturated rings. The molecule has 1 amide bonds. The maximum absolute atomic E-state index is 11.9. The molecule has 2 rings (SSSR count). The number of thiophene rings is 1. The molecule has 0 radical (unpaired) electrons. The molecule has 106 valence electrons. The number of carbonyl (C=O) groups is 1. The first-order valence-corrected chi connectivity index (χ1v) is 7.71. The minimum absolute atomic E-state index is 0.0615. The van der Waals surface area contributed by atoms with Crippen molar-refractivity contribution in [2.75, 3.05) is 13.1 Å². The molecule has 1 aliphatic heterocycles. The monoisotopic (exact) mass is 281 g/mol. The molecule has 3 N–H and O–H groups in total. The molecule has 19 heavy (non-hydrogen) atoms. The number of carbonyl (C=O) groups excluding carboxylic acids is 1. The molecular formula is C14H23N3OS. The molecule has 0 aromatic carbocycles. The third-order valence-electron chi connectivity index (χ3n) is 3.83. The van der Waals surface area contributed by atoms with Crippen molar-refractivity contribution in [3.8, 4) is 0 Å². The minimum Gasteiger partial charge on any atom is -0.353 e. The van der Waals surface area contributed by atoms with Crippen LogP contribution in [-0.4, -0.2) is 36.0 Å². The van der Waals surface area contributed by atoms with Crippen LogP contribution in [0.25, 0.3) is 0 Å². The van der Waals surface area contributed by atoms with Crippen molar-refractivity contribution >= 4 is 17.2 Å². The molecule has 0 aliphatic carbocycles. The molecule has 2 heterocycles. The van der Waals surface area contributed by atoms with Crippen LogP contribution in [0, 0.1) is 6.92 Å². The third-order valence-corrected chi connectivity index (χ3v) is 4.90. The van der Waals surface area contributed by atoms with E-state index in [1.54, 1.807) is 11.3 Å². The Bertz CT molecular complexity index is 446. The Morgan fingerprint density at radius 1 is 1.58 bits per heavy atom. The molecule has 0 bridgehead atoms. The predicted octanol–water partition coefficient (Wildman–Crippen LogP) is 1.66. The first-order chi connectivity index (χ1) is 9.04. The van der Waals surface area contributed by atoms with E-state index in [-0.39, 0.29) is 24.0 Å². The number of piperazine rings is 1. The molecular weight excluding hydrogens is 258 g/mol. The van der Waals surface area contributed by atoms with Gasteiger partial charge < -0.3 is 11.1 Å². The fourth-order valence-electron chi connectivity index (χ4n) is 2.64. The van der Waals surface area contributed by atoms with Crippen molar-refractivity contribution in [1.29, 1.82) is 0 Å². The van der Waals surface area contributed by atoms with E-state index in [0.717, 1.165) is 13.0 Å². The number of amides is 1. The summed E-state index contributed by atoms with van der Waals surface area (Å²) in [6.45, 7) is 7.74. The van der Waals surface area contributed by atoms with Gasteiger partial charge in [0.1, 0.15) is 0 Å². The number of hydrogen-bond acceptors (Lipinski definition) is 4. The minimum atomic E-state index is -0.112. The van der Waals surface area contributed by atoms with Gasteiger partial charge in [-0.2, -0.15) is 0 Å².